The number of likely N-dealkylation sites (N-methyl/N-ethyl adjacent to an activating group) is 1. The summed E-state index contributed by atoms with van der Waals surface area (Å²) < 4.78 is 7.63. The molecule has 1 saturated heterocycles. The van der Waals surface area contributed by atoms with E-state index in [-0.39, 0.29) is 24.1 Å². The normalized spacial score (nSPS) is 21.2. The van der Waals surface area contributed by atoms with Gasteiger partial charge in [-0.15, -0.1) is 0 Å². The molecule has 0 bridgehead atoms. The lowest BCUT2D eigenvalue weighted by Gasteiger charge is -2.35. The van der Waals surface area contributed by atoms with Crippen LogP contribution in [-0.4, -0.2) is 66.5 Å². The van der Waals surface area contributed by atoms with E-state index in [1.54, 1.807) is 22.0 Å². The molecule has 9 nitrogen and oxygen atoms in total. The number of nitrogens with zero attached hydrogens (tertiary/aromatic N) is 4. The van der Waals surface area contributed by atoms with Gasteiger partial charge in [-0.2, -0.15) is 5.10 Å². The molecule has 2 aliphatic rings. The molecule has 2 aliphatic heterocycles. The number of ether oxygens (including phenoxy) is 1. The Hall–Kier alpha value is -3.07. The Kier molecular flexibility index (Phi) is 4.91. The molecule has 9 heteroatoms. The topological polar surface area (TPSA) is 91.7 Å². The van der Waals surface area contributed by atoms with Crippen molar-refractivity contribution in [2.24, 2.45) is 0 Å². The summed E-state index contributed by atoms with van der Waals surface area (Å²) in [7, 11) is 3.95. The second kappa shape index (κ2) is 7.51. The number of carbonyl (C=O) groups excluding carboxylic acids is 2. The van der Waals surface area contributed by atoms with Crippen LogP contribution in [-0.2, 0) is 4.79 Å². The second-order valence-corrected chi connectivity index (χ2v) is 7.32. The molecular weight excluding hydrogens is 360 g/mol. The molecule has 28 heavy (non-hydrogen) atoms. The fourth-order valence-corrected chi connectivity index (χ4v) is 3.59. The van der Waals surface area contributed by atoms with E-state index < -0.39 is 0 Å². The molecule has 3 amide bonds. The lowest BCUT2D eigenvalue weighted by atomic mass is 10.2. The van der Waals surface area contributed by atoms with Gasteiger partial charge >= 0.3 is 6.03 Å². The van der Waals surface area contributed by atoms with Crippen molar-refractivity contribution in [1.82, 2.24) is 20.0 Å². The Bertz CT molecular complexity index is 880. The Morgan fingerprint density at radius 1 is 1.39 bits per heavy atom. The predicted octanol–water partition coefficient (Wildman–Crippen LogP) is 1.31. The molecule has 1 fully saturated rings. The summed E-state index contributed by atoms with van der Waals surface area (Å²) in [6.07, 6.45) is 3.82. The molecule has 148 valence electrons. The number of nitrogens with one attached hydrogen (secondary N) is 2. The molecule has 1 aromatic carbocycles. The number of aromatic nitrogens is 2. The van der Waals surface area contributed by atoms with E-state index in [4.69, 9.17) is 4.74 Å². The van der Waals surface area contributed by atoms with Gasteiger partial charge in [-0.1, -0.05) is 12.1 Å². The van der Waals surface area contributed by atoms with Crippen LogP contribution in [0.25, 0.3) is 0 Å². The number of carbonyl (C=O) groups is 2. The zero-order valence-corrected chi connectivity index (χ0v) is 16.0. The molecule has 2 atom stereocenters. The Balaban J connectivity index is 1.50. The van der Waals surface area contributed by atoms with E-state index in [1.165, 1.54) is 0 Å². The van der Waals surface area contributed by atoms with Gasteiger partial charge in [-0.05, 0) is 32.6 Å². The standard InChI is InChI=1S/C19H24N6O3/c1-23(2)11-14-12-24(15-5-3-4-6-17(15)28-14)19(27)22-13-9-21-25(10-13)16-7-8-20-18(16)26/h3-6,9-10,14,16H,7-8,11-12H2,1-2H3,(H,20,26)(H,22,27). The van der Waals surface area contributed by atoms with Gasteiger partial charge in [-0.3, -0.25) is 14.4 Å². The van der Waals surface area contributed by atoms with Crippen molar-refractivity contribution < 1.29 is 14.3 Å². The van der Waals surface area contributed by atoms with Gasteiger partial charge in [0.25, 0.3) is 0 Å². The molecule has 0 spiro atoms. The number of hydrogen-bond acceptors (Lipinski definition) is 5. The fourth-order valence-electron chi connectivity index (χ4n) is 3.59. The smallest absolute Gasteiger partial charge is 0.326 e. The second-order valence-electron chi connectivity index (χ2n) is 7.32. The Labute approximate surface area is 163 Å². The number of anilines is 2. The molecular formula is C19H24N6O3. The van der Waals surface area contributed by atoms with Crippen LogP contribution in [0.4, 0.5) is 16.2 Å². The fraction of sp³-hybridized carbons (Fsp3) is 0.421. The molecule has 4 rings (SSSR count). The van der Waals surface area contributed by atoms with E-state index in [1.807, 2.05) is 43.3 Å². The number of fused-ring (bicyclic) bond motifs is 1. The molecule has 0 saturated carbocycles. The first kappa shape index (κ1) is 18.3. The van der Waals surface area contributed by atoms with Gasteiger partial charge in [0.2, 0.25) is 5.91 Å². The number of benzene rings is 1. The number of hydrogen-bond donors (Lipinski definition) is 2. The Morgan fingerprint density at radius 2 is 2.21 bits per heavy atom. The molecule has 1 aromatic heterocycles. The predicted molar refractivity (Wildman–Crippen MR) is 105 cm³/mol. The van der Waals surface area contributed by atoms with Crippen LogP contribution in [0.1, 0.15) is 12.5 Å². The van der Waals surface area contributed by atoms with Crippen molar-refractivity contribution in [2.45, 2.75) is 18.6 Å². The highest BCUT2D eigenvalue weighted by Crippen LogP contribution is 2.33. The number of rotatable bonds is 4. The number of urea groups is 1. The van der Waals surface area contributed by atoms with Gasteiger partial charge in [-0.25, -0.2) is 4.79 Å². The van der Waals surface area contributed by atoms with Crippen molar-refractivity contribution >= 4 is 23.3 Å². The number of para-hydroxylation sites is 2. The van der Waals surface area contributed by atoms with Crippen LogP contribution in [0, 0.1) is 0 Å². The maximum absolute atomic E-state index is 13.0. The highest BCUT2D eigenvalue weighted by Gasteiger charge is 2.31. The van der Waals surface area contributed by atoms with Gasteiger partial charge in [0.1, 0.15) is 17.9 Å². The quantitative estimate of drug-likeness (QED) is 0.829. The average molecular weight is 384 g/mol. The minimum Gasteiger partial charge on any atom is -0.485 e. The van der Waals surface area contributed by atoms with Crippen molar-refractivity contribution in [3.63, 3.8) is 0 Å². The van der Waals surface area contributed by atoms with E-state index in [0.29, 0.717) is 37.5 Å². The van der Waals surface area contributed by atoms with Crippen molar-refractivity contribution in [2.75, 3.05) is 43.9 Å². The Morgan fingerprint density at radius 3 is 2.96 bits per heavy atom. The molecule has 0 radical (unpaired) electrons. The third-order valence-electron chi connectivity index (χ3n) is 4.84. The van der Waals surface area contributed by atoms with Gasteiger partial charge in [0.15, 0.2) is 0 Å². The van der Waals surface area contributed by atoms with Crippen LogP contribution < -0.4 is 20.3 Å². The molecule has 0 aliphatic carbocycles. The van der Waals surface area contributed by atoms with Gasteiger partial charge < -0.3 is 20.3 Å². The lowest BCUT2D eigenvalue weighted by Crippen LogP contribution is -2.48. The van der Waals surface area contributed by atoms with E-state index in [9.17, 15) is 9.59 Å². The van der Waals surface area contributed by atoms with Crippen LogP contribution in [0.2, 0.25) is 0 Å². The van der Waals surface area contributed by atoms with Gasteiger partial charge in [0.05, 0.1) is 24.1 Å². The van der Waals surface area contributed by atoms with Crippen LogP contribution >= 0.6 is 0 Å². The van der Waals surface area contributed by atoms with Crippen LogP contribution in [0.15, 0.2) is 36.7 Å². The molecule has 2 aromatic rings. The zero-order chi connectivity index (χ0) is 19.7. The highest BCUT2D eigenvalue weighted by atomic mass is 16.5. The van der Waals surface area contributed by atoms with Crippen molar-refractivity contribution in [3.8, 4) is 5.75 Å². The monoisotopic (exact) mass is 384 g/mol. The molecule has 2 unspecified atom stereocenters. The summed E-state index contributed by atoms with van der Waals surface area (Å²) >= 11 is 0. The van der Waals surface area contributed by atoms with E-state index in [0.717, 1.165) is 5.69 Å². The SMILES string of the molecule is CN(C)CC1CN(C(=O)Nc2cnn(C3CCNC3=O)c2)c2ccccc2O1. The summed E-state index contributed by atoms with van der Waals surface area (Å²) in [5.74, 6) is 0.642. The van der Waals surface area contributed by atoms with Gasteiger partial charge in [0, 0.05) is 19.3 Å². The zero-order valence-electron chi connectivity index (χ0n) is 16.0. The summed E-state index contributed by atoms with van der Waals surface area (Å²) in [4.78, 5) is 28.5. The van der Waals surface area contributed by atoms with Crippen molar-refractivity contribution in [3.05, 3.63) is 36.7 Å². The summed E-state index contributed by atoms with van der Waals surface area (Å²) in [6.45, 7) is 1.79. The molecule has 2 N–H and O–H groups in total. The summed E-state index contributed by atoms with van der Waals surface area (Å²) in [5, 5.41) is 9.91. The largest absolute Gasteiger partial charge is 0.485 e. The third-order valence-corrected chi connectivity index (χ3v) is 4.84. The van der Waals surface area contributed by atoms with Crippen molar-refractivity contribution in [1.29, 1.82) is 0 Å². The first-order chi connectivity index (χ1) is 13.5. The number of amides is 3. The lowest BCUT2D eigenvalue weighted by molar-refractivity contribution is -0.122. The minimum absolute atomic E-state index is 0.0467. The first-order valence-corrected chi connectivity index (χ1v) is 9.32. The summed E-state index contributed by atoms with van der Waals surface area (Å²) in [6, 6.07) is 6.94. The molecule has 3 heterocycles. The average Bonchev–Trinajstić information content (AvgIpc) is 3.29. The van der Waals surface area contributed by atoms with Crippen LogP contribution in [0.3, 0.4) is 0 Å². The van der Waals surface area contributed by atoms with E-state index in [2.05, 4.69) is 15.7 Å². The van der Waals surface area contributed by atoms with Crippen LogP contribution in [0.5, 0.6) is 5.75 Å². The summed E-state index contributed by atoms with van der Waals surface area (Å²) in [5.41, 5.74) is 1.29. The highest BCUT2D eigenvalue weighted by molar-refractivity contribution is 6.03. The first-order valence-electron chi connectivity index (χ1n) is 9.32. The maximum atomic E-state index is 13.0. The maximum Gasteiger partial charge on any atom is 0.326 e. The third kappa shape index (κ3) is 3.65. The van der Waals surface area contributed by atoms with E-state index >= 15 is 0 Å². The minimum atomic E-state index is -0.320.